The molecule has 26 heavy (non-hydrogen) atoms. The molecule has 1 amide bonds. The molecule has 0 unspecified atom stereocenters. The number of H-pyrrole nitrogens is 2. The van der Waals surface area contributed by atoms with E-state index < -0.39 is 11.2 Å². The van der Waals surface area contributed by atoms with Crippen LogP contribution in [0.25, 0.3) is 10.9 Å². The van der Waals surface area contributed by atoms with Crippen molar-refractivity contribution in [3.63, 3.8) is 0 Å². The van der Waals surface area contributed by atoms with Crippen molar-refractivity contribution in [1.29, 1.82) is 0 Å². The van der Waals surface area contributed by atoms with Crippen LogP contribution >= 0.6 is 0 Å². The van der Waals surface area contributed by atoms with Crippen LogP contribution in [0, 0.1) is 0 Å². The molecule has 1 aliphatic rings. The lowest BCUT2D eigenvalue weighted by molar-refractivity contribution is 0.0748. The van der Waals surface area contributed by atoms with Gasteiger partial charge in [-0.1, -0.05) is 18.2 Å². The third-order valence-electron chi connectivity index (χ3n) is 4.78. The number of rotatable bonds is 2. The lowest BCUT2D eigenvalue weighted by Gasteiger charge is -2.35. The first kappa shape index (κ1) is 16.2. The van der Waals surface area contributed by atoms with Gasteiger partial charge in [-0.05, 0) is 6.07 Å². The second kappa shape index (κ2) is 6.21. The van der Waals surface area contributed by atoms with Gasteiger partial charge in [-0.15, -0.1) is 0 Å². The molecule has 0 aliphatic carbocycles. The van der Waals surface area contributed by atoms with E-state index in [0.29, 0.717) is 37.6 Å². The largest absolute Gasteiger partial charge is 0.354 e. The van der Waals surface area contributed by atoms with Gasteiger partial charge in [0.25, 0.3) is 11.5 Å². The Morgan fingerprint density at radius 2 is 1.77 bits per heavy atom. The number of nitrogens with zero attached hydrogens (tertiary/aromatic N) is 3. The molecule has 2 aromatic heterocycles. The molecule has 8 heteroatoms. The van der Waals surface area contributed by atoms with Gasteiger partial charge < -0.3 is 14.4 Å². The minimum atomic E-state index is -0.526. The molecular weight excluding hydrogens is 334 g/mol. The Bertz CT molecular complexity index is 1060. The molecule has 3 aromatic rings. The van der Waals surface area contributed by atoms with Crippen molar-refractivity contribution in [2.45, 2.75) is 0 Å². The molecule has 8 nitrogen and oxygen atoms in total. The summed E-state index contributed by atoms with van der Waals surface area (Å²) in [5, 5.41) is 0.946. The van der Waals surface area contributed by atoms with Crippen LogP contribution < -0.4 is 16.1 Å². The summed E-state index contributed by atoms with van der Waals surface area (Å²) < 4.78 is 1.96. The van der Waals surface area contributed by atoms with Gasteiger partial charge in [-0.2, -0.15) is 0 Å². The Morgan fingerprint density at radius 1 is 1.04 bits per heavy atom. The van der Waals surface area contributed by atoms with E-state index in [-0.39, 0.29) is 5.91 Å². The quantitative estimate of drug-likeness (QED) is 0.702. The van der Waals surface area contributed by atoms with Gasteiger partial charge in [0.2, 0.25) is 0 Å². The maximum Gasteiger partial charge on any atom is 0.327 e. The average Bonchev–Trinajstić information content (AvgIpc) is 2.98. The number of hydrogen-bond donors (Lipinski definition) is 2. The van der Waals surface area contributed by atoms with Crippen LogP contribution in [0.1, 0.15) is 10.4 Å². The fourth-order valence-corrected chi connectivity index (χ4v) is 3.46. The minimum Gasteiger partial charge on any atom is -0.354 e. The highest BCUT2D eigenvalue weighted by molar-refractivity contribution is 6.07. The number of carbonyl (C=O) groups excluding carboxylic acids is 1. The van der Waals surface area contributed by atoms with Gasteiger partial charge in [0, 0.05) is 56.4 Å². The first-order valence-corrected chi connectivity index (χ1v) is 8.45. The maximum atomic E-state index is 13.0. The Kier molecular flexibility index (Phi) is 3.87. The molecule has 0 bridgehead atoms. The Morgan fingerprint density at radius 3 is 2.50 bits per heavy atom. The number of aromatic amines is 2. The first-order valence-electron chi connectivity index (χ1n) is 8.45. The number of amides is 1. The number of hydrogen-bond acceptors (Lipinski definition) is 4. The average molecular weight is 353 g/mol. The van der Waals surface area contributed by atoms with Crippen molar-refractivity contribution in [3.05, 3.63) is 62.9 Å². The van der Waals surface area contributed by atoms with Gasteiger partial charge >= 0.3 is 5.69 Å². The zero-order valence-electron chi connectivity index (χ0n) is 14.4. The lowest BCUT2D eigenvalue weighted by atomic mass is 10.1. The summed E-state index contributed by atoms with van der Waals surface area (Å²) in [5.41, 5.74) is 0.761. The maximum absolute atomic E-state index is 13.0. The zero-order valence-corrected chi connectivity index (χ0v) is 14.4. The van der Waals surface area contributed by atoms with Gasteiger partial charge in [-0.3, -0.25) is 19.6 Å². The van der Waals surface area contributed by atoms with Crippen LogP contribution in [0.15, 0.2) is 46.1 Å². The van der Waals surface area contributed by atoms with E-state index in [1.165, 1.54) is 6.07 Å². The van der Waals surface area contributed by atoms with Crippen LogP contribution in [0.3, 0.4) is 0 Å². The van der Waals surface area contributed by atoms with E-state index in [4.69, 9.17) is 0 Å². The van der Waals surface area contributed by atoms with Crippen molar-refractivity contribution in [2.24, 2.45) is 7.05 Å². The summed E-state index contributed by atoms with van der Waals surface area (Å²) in [6, 6.07) is 9.20. The van der Waals surface area contributed by atoms with Gasteiger partial charge in [0.1, 0.15) is 5.82 Å². The predicted molar refractivity (Wildman–Crippen MR) is 98.7 cm³/mol. The lowest BCUT2D eigenvalue weighted by Crippen LogP contribution is -2.49. The SMILES string of the molecule is Cn1cc(C(=O)N2CCN(c3cc(=O)[nH]c(=O)[nH]3)CC2)c2ccccc21. The van der Waals surface area contributed by atoms with Crippen molar-refractivity contribution in [3.8, 4) is 0 Å². The second-order valence-electron chi connectivity index (χ2n) is 6.42. The van der Waals surface area contributed by atoms with E-state index in [0.717, 1.165) is 10.9 Å². The van der Waals surface area contributed by atoms with E-state index in [1.807, 2.05) is 51.9 Å². The van der Waals surface area contributed by atoms with E-state index in [2.05, 4.69) is 9.97 Å². The highest BCUT2D eigenvalue weighted by Crippen LogP contribution is 2.22. The minimum absolute atomic E-state index is 0.000789. The molecule has 134 valence electrons. The van der Waals surface area contributed by atoms with Crippen LogP contribution in [0.4, 0.5) is 5.82 Å². The van der Waals surface area contributed by atoms with E-state index in [9.17, 15) is 14.4 Å². The number of aromatic nitrogens is 3. The number of piperazine rings is 1. The summed E-state index contributed by atoms with van der Waals surface area (Å²) in [6.07, 6.45) is 1.87. The Balaban J connectivity index is 1.53. The standard InChI is InChI=1S/C18H19N5O3/c1-21-11-13(12-4-2-3-5-14(12)21)17(25)23-8-6-22(7-9-23)15-10-16(24)20-18(26)19-15/h2-5,10-11H,6-9H2,1H3,(H2,19,20,24,26). The highest BCUT2D eigenvalue weighted by atomic mass is 16.2. The zero-order chi connectivity index (χ0) is 18.3. The van der Waals surface area contributed by atoms with Crippen molar-refractivity contribution in [1.82, 2.24) is 19.4 Å². The molecule has 1 saturated heterocycles. The number of benzene rings is 1. The monoisotopic (exact) mass is 353 g/mol. The van der Waals surface area contributed by atoms with Gasteiger partial charge in [-0.25, -0.2) is 4.79 Å². The summed E-state index contributed by atoms with van der Waals surface area (Å²) in [7, 11) is 1.93. The normalized spacial score (nSPS) is 14.8. The van der Waals surface area contributed by atoms with Gasteiger partial charge in [0.05, 0.1) is 5.56 Å². The fraction of sp³-hybridized carbons (Fsp3) is 0.278. The summed E-state index contributed by atoms with van der Waals surface area (Å²) in [4.78, 5) is 44.4. The Labute approximate surface area is 148 Å². The predicted octanol–water partition coefficient (Wildman–Crippen LogP) is 0.517. The topological polar surface area (TPSA) is 94.2 Å². The molecule has 0 spiro atoms. The molecule has 0 atom stereocenters. The molecule has 0 radical (unpaired) electrons. The molecule has 4 rings (SSSR count). The molecule has 1 fully saturated rings. The number of aryl methyl sites for hydroxylation is 1. The van der Waals surface area contributed by atoms with E-state index in [1.54, 1.807) is 0 Å². The molecule has 1 aliphatic heterocycles. The number of nitrogens with one attached hydrogen (secondary N) is 2. The molecule has 1 aromatic carbocycles. The van der Waals surface area contributed by atoms with Crippen LogP contribution in [-0.2, 0) is 7.05 Å². The Hall–Kier alpha value is -3.29. The molecular formula is C18H19N5O3. The van der Waals surface area contributed by atoms with Crippen LogP contribution in [0.5, 0.6) is 0 Å². The van der Waals surface area contributed by atoms with Crippen LogP contribution in [0.2, 0.25) is 0 Å². The summed E-state index contributed by atoms with van der Waals surface area (Å²) >= 11 is 0. The number of para-hydroxylation sites is 1. The first-order chi connectivity index (χ1) is 12.5. The van der Waals surface area contributed by atoms with Gasteiger partial charge in [0.15, 0.2) is 0 Å². The smallest absolute Gasteiger partial charge is 0.327 e. The third kappa shape index (κ3) is 2.79. The molecule has 0 saturated carbocycles. The molecule has 3 heterocycles. The fourth-order valence-electron chi connectivity index (χ4n) is 3.46. The van der Waals surface area contributed by atoms with Crippen molar-refractivity contribution in [2.75, 3.05) is 31.1 Å². The van der Waals surface area contributed by atoms with Crippen molar-refractivity contribution >= 4 is 22.6 Å². The number of fused-ring (bicyclic) bond motifs is 1. The van der Waals surface area contributed by atoms with E-state index >= 15 is 0 Å². The van der Waals surface area contributed by atoms with Crippen molar-refractivity contribution < 1.29 is 4.79 Å². The number of anilines is 1. The summed E-state index contributed by atoms with van der Waals surface area (Å²) in [5.74, 6) is 0.483. The third-order valence-corrected chi connectivity index (χ3v) is 4.78. The second-order valence-corrected chi connectivity index (χ2v) is 6.42. The number of carbonyl (C=O) groups is 1. The van der Waals surface area contributed by atoms with Crippen LogP contribution in [-0.4, -0.2) is 51.5 Å². The highest BCUT2D eigenvalue weighted by Gasteiger charge is 2.25. The molecule has 2 N–H and O–H groups in total. The summed E-state index contributed by atoms with van der Waals surface area (Å²) in [6.45, 7) is 2.15.